The Kier molecular flexibility index (Phi) is 7.42. The number of aromatic nitrogens is 5. The highest BCUT2D eigenvalue weighted by Crippen LogP contribution is 2.42. The van der Waals surface area contributed by atoms with Crippen molar-refractivity contribution in [1.29, 1.82) is 0 Å². The van der Waals surface area contributed by atoms with Gasteiger partial charge in [-0.15, -0.1) is 0 Å². The summed E-state index contributed by atoms with van der Waals surface area (Å²) in [6.45, 7) is 0. The van der Waals surface area contributed by atoms with Gasteiger partial charge in [-0.05, 0) is 58.7 Å². The molecule has 11 rings (SSSR count). The minimum Gasteiger partial charge on any atom is -0.309 e. The van der Waals surface area contributed by atoms with E-state index in [-0.39, 0.29) is 0 Å². The molecule has 0 fully saturated rings. The highest BCUT2D eigenvalue weighted by atomic mass is 15.2. The van der Waals surface area contributed by atoms with Crippen molar-refractivity contribution < 1.29 is 0 Å². The van der Waals surface area contributed by atoms with E-state index in [0.29, 0.717) is 17.6 Å². The molecule has 0 bridgehead atoms. The molecule has 0 N–H and O–H groups in total. The summed E-state index contributed by atoms with van der Waals surface area (Å²) in [7, 11) is 0. The lowest BCUT2D eigenvalue weighted by atomic mass is 9.99. The molecule has 8 aromatic carbocycles. The third-order valence-corrected chi connectivity index (χ3v) is 10.8. The SMILES string of the molecule is c1ccc(-c2ccc(-c3ccc(-c4nc(-c5ccccc5)nc(-n5c6ccccc6c6c7c8ccccc8n(-c8ccccc8)c7ccc65)n4)cc3)cc2)cc1. The molecule has 5 nitrogen and oxygen atoms in total. The van der Waals surface area contributed by atoms with Crippen LogP contribution in [-0.2, 0) is 0 Å². The molecule has 3 heterocycles. The van der Waals surface area contributed by atoms with Crippen LogP contribution in [0.15, 0.2) is 200 Å². The fraction of sp³-hybridized carbons (Fsp3) is 0. The highest BCUT2D eigenvalue weighted by Gasteiger charge is 2.22. The number of para-hydroxylation sites is 3. The van der Waals surface area contributed by atoms with Gasteiger partial charge in [0.15, 0.2) is 11.6 Å². The predicted molar refractivity (Wildman–Crippen MR) is 230 cm³/mol. The average molecular weight is 716 g/mol. The van der Waals surface area contributed by atoms with E-state index in [0.717, 1.165) is 49.9 Å². The summed E-state index contributed by atoms with van der Waals surface area (Å²) in [6.07, 6.45) is 0. The van der Waals surface area contributed by atoms with Crippen LogP contribution in [0, 0.1) is 0 Å². The van der Waals surface area contributed by atoms with E-state index < -0.39 is 0 Å². The number of rotatable bonds is 6. The number of fused-ring (bicyclic) bond motifs is 7. The zero-order chi connectivity index (χ0) is 37.0. The van der Waals surface area contributed by atoms with E-state index in [4.69, 9.17) is 15.0 Å². The van der Waals surface area contributed by atoms with Crippen LogP contribution in [0.5, 0.6) is 0 Å². The second kappa shape index (κ2) is 13.0. The monoisotopic (exact) mass is 715 g/mol. The zero-order valence-electron chi connectivity index (χ0n) is 30.3. The van der Waals surface area contributed by atoms with Gasteiger partial charge in [-0.2, -0.15) is 9.97 Å². The van der Waals surface area contributed by atoms with Crippen molar-refractivity contribution in [2.24, 2.45) is 0 Å². The molecule has 5 heteroatoms. The van der Waals surface area contributed by atoms with Gasteiger partial charge in [-0.3, -0.25) is 4.57 Å². The second-order valence-electron chi connectivity index (χ2n) is 14.1. The van der Waals surface area contributed by atoms with Gasteiger partial charge in [0, 0.05) is 38.4 Å². The Morgan fingerprint density at radius 1 is 0.268 bits per heavy atom. The van der Waals surface area contributed by atoms with Gasteiger partial charge in [0.2, 0.25) is 5.95 Å². The summed E-state index contributed by atoms with van der Waals surface area (Å²) in [4.78, 5) is 15.5. The first-order chi connectivity index (χ1) is 27.8. The van der Waals surface area contributed by atoms with E-state index in [1.807, 2.05) is 24.3 Å². The summed E-state index contributed by atoms with van der Waals surface area (Å²) < 4.78 is 4.57. The van der Waals surface area contributed by atoms with Crippen molar-refractivity contribution >= 4 is 43.6 Å². The highest BCUT2D eigenvalue weighted by molar-refractivity contribution is 6.28. The van der Waals surface area contributed by atoms with Crippen molar-refractivity contribution in [3.05, 3.63) is 200 Å². The Labute approximate surface area is 323 Å². The molecule has 0 aliphatic rings. The minimum absolute atomic E-state index is 0.576. The maximum absolute atomic E-state index is 5.25. The second-order valence-corrected chi connectivity index (χ2v) is 14.1. The molecule has 11 aromatic rings. The van der Waals surface area contributed by atoms with Gasteiger partial charge in [-0.1, -0.05) is 164 Å². The summed E-state index contributed by atoms with van der Waals surface area (Å²) in [5.41, 5.74) is 12.1. The van der Waals surface area contributed by atoms with Crippen molar-refractivity contribution in [2.75, 3.05) is 0 Å². The summed E-state index contributed by atoms with van der Waals surface area (Å²) >= 11 is 0. The maximum Gasteiger partial charge on any atom is 0.238 e. The topological polar surface area (TPSA) is 48.5 Å². The quantitative estimate of drug-likeness (QED) is 0.172. The Bertz CT molecular complexity index is 3200. The van der Waals surface area contributed by atoms with Crippen LogP contribution in [0.1, 0.15) is 0 Å². The van der Waals surface area contributed by atoms with E-state index in [9.17, 15) is 0 Å². The smallest absolute Gasteiger partial charge is 0.238 e. The largest absolute Gasteiger partial charge is 0.309 e. The number of benzene rings is 8. The Hall–Kier alpha value is -7.63. The summed E-state index contributed by atoms with van der Waals surface area (Å²) in [6, 6.07) is 70.3. The van der Waals surface area contributed by atoms with Gasteiger partial charge in [0.1, 0.15) is 0 Å². The third kappa shape index (κ3) is 5.21. The van der Waals surface area contributed by atoms with E-state index >= 15 is 0 Å². The molecule has 0 saturated heterocycles. The van der Waals surface area contributed by atoms with E-state index in [1.54, 1.807) is 0 Å². The lowest BCUT2D eigenvalue weighted by Gasteiger charge is -2.11. The molecule has 0 saturated carbocycles. The van der Waals surface area contributed by atoms with Crippen molar-refractivity contribution in [3.8, 4) is 56.7 Å². The van der Waals surface area contributed by atoms with Crippen LogP contribution in [0.25, 0.3) is 100 Å². The first-order valence-electron chi connectivity index (χ1n) is 18.9. The first-order valence-corrected chi connectivity index (χ1v) is 18.9. The minimum atomic E-state index is 0.576. The Balaban J connectivity index is 1.10. The lowest BCUT2D eigenvalue weighted by Crippen LogP contribution is -2.06. The van der Waals surface area contributed by atoms with Crippen LogP contribution in [0.3, 0.4) is 0 Å². The van der Waals surface area contributed by atoms with Gasteiger partial charge in [0.05, 0.1) is 22.1 Å². The predicted octanol–water partition coefficient (Wildman–Crippen LogP) is 12.7. The van der Waals surface area contributed by atoms with Crippen LogP contribution in [-0.4, -0.2) is 24.1 Å². The van der Waals surface area contributed by atoms with Gasteiger partial charge >= 0.3 is 0 Å². The van der Waals surface area contributed by atoms with Crippen LogP contribution >= 0.6 is 0 Å². The lowest BCUT2D eigenvalue weighted by molar-refractivity contribution is 0.953. The fourth-order valence-electron chi connectivity index (χ4n) is 8.20. The van der Waals surface area contributed by atoms with Gasteiger partial charge in [-0.25, -0.2) is 4.98 Å². The maximum atomic E-state index is 5.25. The van der Waals surface area contributed by atoms with Crippen molar-refractivity contribution in [3.63, 3.8) is 0 Å². The van der Waals surface area contributed by atoms with Crippen LogP contribution < -0.4 is 0 Å². The molecule has 56 heavy (non-hydrogen) atoms. The van der Waals surface area contributed by atoms with Crippen LogP contribution in [0.4, 0.5) is 0 Å². The average Bonchev–Trinajstić information content (AvgIpc) is 3.80. The van der Waals surface area contributed by atoms with E-state index in [2.05, 4.69) is 185 Å². The normalized spacial score (nSPS) is 11.6. The van der Waals surface area contributed by atoms with Gasteiger partial charge in [0.25, 0.3) is 0 Å². The molecule has 0 spiro atoms. The molecule has 0 atom stereocenters. The summed E-state index contributed by atoms with van der Waals surface area (Å²) in [5.74, 6) is 1.82. The summed E-state index contributed by atoms with van der Waals surface area (Å²) in [5, 5.41) is 4.74. The molecule has 0 aliphatic carbocycles. The number of hydrogen-bond acceptors (Lipinski definition) is 3. The molecule has 0 aliphatic heterocycles. The third-order valence-electron chi connectivity index (χ3n) is 10.8. The fourth-order valence-corrected chi connectivity index (χ4v) is 8.20. The first kappa shape index (κ1) is 31.9. The Morgan fingerprint density at radius 2 is 0.643 bits per heavy atom. The molecule has 3 aromatic heterocycles. The Morgan fingerprint density at radius 3 is 1.18 bits per heavy atom. The zero-order valence-corrected chi connectivity index (χ0v) is 30.3. The van der Waals surface area contributed by atoms with Crippen molar-refractivity contribution in [2.45, 2.75) is 0 Å². The molecule has 0 radical (unpaired) electrons. The number of hydrogen-bond donors (Lipinski definition) is 0. The van der Waals surface area contributed by atoms with Gasteiger partial charge < -0.3 is 4.57 Å². The van der Waals surface area contributed by atoms with E-state index in [1.165, 1.54) is 32.8 Å². The standard InChI is InChI=1S/C51H33N5/c1-4-14-34(15-5-1)35-24-26-36(27-25-35)37-28-30-39(31-29-37)50-52-49(38-16-6-2-7-17-38)53-51(54-50)56-44-23-13-11-21-42(44)48-46(56)33-32-45-47(48)41-20-10-12-22-43(41)55(45)40-18-8-3-9-19-40/h1-33H. The number of nitrogens with zero attached hydrogens (tertiary/aromatic N) is 5. The van der Waals surface area contributed by atoms with Crippen LogP contribution in [0.2, 0.25) is 0 Å². The molecule has 262 valence electrons. The molecule has 0 amide bonds. The molecule has 0 unspecified atom stereocenters. The van der Waals surface area contributed by atoms with Crippen molar-refractivity contribution in [1.82, 2.24) is 24.1 Å². The molecular formula is C51H33N5. The molecular weight excluding hydrogens is 683 g/mol.